The lowest BCUT2D eigenvalue weighted by Gasteiger charge is -2.24. The Kier molecular flexibility index (Phi) is 5.79. The molecule has 0 aliphatic carbocycles. The molecular weight excluding hydrogens is 515 g/mol. The molecule has 0 spiro atoms. The monoisotopic (exact) mass is 534 g/mol. The van der Waals surface area contributed by atoms with Crippen LogP contribution in [-0.4, -0.2) is 42.1 Å². The minimum Gasteiger partial charge on any atom is -0.382 e. The number of hydrogen-bond donors (Lipinski definition) is 2. The first-order valence-corrected chi connectivity index (χ1v) is 10.6. The summed E-state index contributed by atoms with van der Waals surface area (Å²) in [5.74, 6) is -0.0440. The number of nitrogen functional groups attached to an aromatic ring is 1. The standard InChI is InChI=1S/C19H19IN8O3/c1-10-19(30,14(29)5-3-11-2-4-13(26-27-22)12(20)6-11)7-15(31-10)28-9-25-16-17(21)23-8-24-18(16)28/h2,4,6,8-10,15,30H,3,5,7H2,1H3,(H2,21,23,24)/t10-,15-,19+/m1/s1. The van der Waals surface area contributed by atoms with Gasteiger partial charge in [-0.25, -0.2) is 15.0 Å². The van der Waals surface area contributed by atoms with Crippen LogP contribution in [0.3, 0.4) is 0 Å². The van der Waals surface area contributed by atoms with Crippen molar-refractivity contribution in [3.63, 3.8) is 0 Å². The van der Waals surface area contributed by atoms with Crippen molar-refractivity contribution in [3.8, 4) is 0 Å². The molecular formula is C19H19IN8O3. The van der Waals surface area contributed by atoms with Crippen LogP contribution in [0.15, 0.2) is 36.0 Å². The second-order valence-electron chi connectivity index (χ2n) is 7.34. The zero-order chi connectivity index (χ0) is 22.2. The highest BCUT2D eigenvalue weighted by Gasteiger charge is 2.50. The van der Waals surface area contributed by atoms with Crippen molar-refractivity contribution in [2.45, 2.75) is 44.1 Å². The number of anilines is 1. The van der Waals surface area contributed by atoms with Crippen molar-refractivity contribution < 1.29 is 14.6 Å². The van der Waals surface area contributed by atoms with Crippen molar-refractivity contribution in [1.29, 1.82) is 0 Å². The van der Waals surface area contributed by atoms with E-state index in [0.717, 1.165) is 9.13 Å². The smallest absolute Gasteiger partial charge is 0.167 e. The predicted molar refractivity (Wildman–Crippen MR) is 120 cm³/mol. The number of fused-ring (bicyclic) bond motifs is 1. The Labute approximate surface area is 190 Å². The van der Waals surface area contributed by atoms with Gasteiger partial charge in [0.15, 0.2) is 22.8 Å². The van der Waals surface area contributed by atoms with Gasteiger partial charge in [0.25, 0.3) is 0 Å². The van der Waals surface area contributed by atoms with E-state index in [1.54, 1.807) is 17.6 Å². The van der Waals surface area contributed by atoms with Gasteiger partial charge in [0, 0.05) is 21.3 Å². The van der Waals surface area contributed by atoms with E-state index in [1.807, 2.05) is 12.1 Å². The number of aliphatic hydroxyl groups is 1. The molecule has 0 amide bonds. The fourth-order valence-corrected chi connectivity index (χ4v) is 4.41. The number of Topliss-reactive ketones (excluding diaryl/α,β-unsaturated/α-hetero) is 1. The van der Waals surface area contributed by atoms with Gasteiger partial charge in [0.05, 0.1) is 18.1 Å². The van der Waals surface area contributed by atoms with Gasteiger partial charge >= 0.3 is 0 Å². The molecule has 0 unspecified atom stereocenters. The molecule has 0 saturated carbocycles. The van der Waals surface area contributed by atoms with Gasteiger partial charge in [-0.1, -0.05) is 17.2 Å². The summed E-state index contributed by atoms with van der Waals surface area (Å²) in [5, 5.41) is 14.8. The number of hydrogen-bond acceptors (Lipinski definition) is 8. The normalized spacial score (nSPS) is 23.1. The van der Waals surface area contributed by atoms with E-state index < -0.39 is 17.9 Å². The highest BCUT2D eigenvalue weighted by Crippen LogP contribution is 2.39. The molecule has 3 heterocycles. The molecule has 3 aromatic rings. The first-order chi connectivity index (χ1) is 14.8. The van der Waals surface area contributed by atoms with Crippen molar-refractivity contribution in [3.05, 3.63) is 50.4 Å². The molecule has 160 valence electrons. The lowest BCUT2D eigenvalue weighted by atomic mass is 9.87. The van der Waals surface area contributed by atoms with Gasteiger partial charge in [-0.05, 0) is 53.1 Å². The van der Waals surface area contributed by atoms with E-state index in [4.69, 9.17) is 16.0 Å². The van der Waals surface area contributed by atoms with Crippen LogP contribution >= 0.6 is 22.6 Å². The van der Waals surface area contributed by atoms with Crippen molar-refractivity contribution in [1.82, 2.24) is 19.5 Å². The van der Waals surface area contributed by atoms with Gasteiger partial charge in [-0.15, -0.1) is 0 Å². The van der Waals surface area contributed by atoms with Crippen LogP contribution in [0, 0.1) is 3.57 Å². The van der Waals surface area contributed by atoms with E-state index in [-0.39, 0.29) is 24.4 Å². The quantitative estimate of drug-likeness (QED) is 0.212. The Balaban J connectivity index is 1.48. The summed E-state index contributed by atoms with van der Waals surface area (Å²) in [6, 6.07) is 5.38. The van der Waals surface area contributed by atoms with Crippen LogP contribution in [0.4, 0.5) is 11.5 Å². The van der Waals surface area contributed by atoms with Crippen LogP contribution in [0.2, 0.25) is 0 Å². The molecule has 1 aliphatic rings. The molecule has 0 radical (unpaired) electrons. The second kappa shape index (κ2) is 8.38. The maximum absolute atomic E-state index is 13.0. The molecule has 3 atom stereocenters. The number of nitrogens with zero attached hydrogens (tertiary/aromatic N) is 7. The lowest BCUT2D eigenvalue weighted by molar-refractivity contribution is -0.142. The third kappa shape index (κ3) is 3.94. The van der Waals surface area contributed by atoms with E-state index in [9.17, 15) is 9.90 Å². The summed E-state index contributed by atoms with van der Waals surface area (Å²) < 4.78 is 8.36. The van der Waals surface area contributed by atoms with E-state index in [0.29, 0.717) is 23.3 Å². The van der Waals surface area contributed by atoms with E-state index in [2.05, 4.69) is 47.6 Å². The number of imidazole rings is 1. The molecule has 0 bridgehead atoms. The zero-order valence-electron chi connectivity index (χ0n) is 16.5. The molecule has 2 aromatic heterocycles. The van der Waals surface area contributed by atoms with Gasteiger partial charge in [0.2, 0.25) is 0 Å². The average Bonchev–Trinajstić information content (AvgIpc) is 3.31. The van der Waals surface area contributed by atoms with E-state index in [1.165, 1.54) is 12.7 Å². The van der Waals surface area contributed by atoms with Crippen molar-refractivity contribution in [2.24, 2.45) is 5.11 Å². The number of carbonyl (C=O) groups excluding carboxylic acids is 1. The summed E-state index contributed by atoms with van der Waals surface area (Å²) in [4.78, 5) is 28.1. The molecule has 3 N–H and O–H groups in total. The Morgan fingerprint density at radius 2 is 2.29 bits per heavy atom. The number of benzene rings is 1. The third-order valence-corrected chi connectivity index (χ3v) is 6.37. The fraction of sp³-hybridized carbons (Fsp3) is 0.368. The highest BCUT2D eigenvalue weighted by atomic mass is 127. The Morgan fingerprint density at radius 3 is 3.03 bits per heavy atom. The van der Waals surface area contributed by atoms with Gasteiger partial charge in [-0.2, -0.15) is 0 Å². The number of rotatable bonds is 6. The van der Waals surface area contributed by atoms with Crippen LogP contribution in [0.1, 0.15) is 31.6 Å². The molecule has 1 aromatic carbocycles. The molecule has 31 heavy (non-hydrogen) atoms. The fourth-order valence-electron chi connectivity index (χ4n) is 3.72. The van der Waals surface area contributed by atoms with Gasteiger partial charge < -0.3 is 15.6 Å². The molecule has 4 rings (SSSR count). The highest BCUT2D eigenvalue weighted by molar-refractivity contribution is 14.1. The Morgan fingerprint density at radius 1 is 1.48 bits per heavy atom. The Hall–Kier alpha value is -2.80. The molecule has 1 aliphatic heterocycles. The molecule has 1 fully saturated rings. The van der Waals surface area contributed by atoms with Crippen molar-refractivity contribution >= 4 is 51.0 Å². The zero-order valence-corrected chi connectivity index (χ0v) is 18.7. The SMILES string of the molecule is C[C@H]1O[C@@H](n2cnc3c(N)ncnc32)C[C@@]1(O)C(=O)CCc1ccc(N=[N+]=[N-])c(I)c1. The minimum absolute atomic E-state index is 0.0791. The Bertz CT molecular complexity index is 1210. The van der Waals surface area contributed by atoms with E-state index >= 15 is 0 Å². The summed E-state index contributed by atoms with van der Waals surface area (Å²) in [7, 11) is 0. The number of nitrogens with two attached hydrogens (primary N) is 1. The van der Waals surface area contributed by atoms with Crippen LogP contribution in [-0.2, 0) is 16.0 Å². The number of azide groups is 1. The van der Waals surface area contributed by atoms with Gasteiger partial charge in [0.1, 0.15) is 18.1 Å². The number of aryl methyl sites for hydroxylation is 1. The first-order valence-electron chi connectivity index (χ1n) is 9.51. The number of halogens is 1. The largest absolute Gasteiger partial charge is 0.382 e. The maximum atomic E-state index is 13.0. The molecule has 12 heteroatoms. The number of ether oxygens (including phenoxy) is 1. The number of carbonyl (C=O) groups is 1. The predicted octanol–water partition coefficient (Wildman–Crippen LogP) is 3.20. The topological polar surface area (TPSA) is 165 Å². The molecule has 1 saturated heterocycles. The number of ketones is 1. The average molecular weight is 534 g/mol. The second-order valence-corrected chi connectivity index (χ2v) is 8.50. The van der Waals surface area contributed by atoms with Gasteiger partial charge in [-0.3, -0.25) is 9.36 Å². The minimum atomic E-state index is -1.63. The third-order valence-electron chi connectivity index (χ3n) is 5.51. The molecule has 11 nitrogen and oxygen atoms in total. The summed E-state index contributed by atoms with van der Waals surface area (Å²) in [5.41, 5.74) is 15.2. The number of aromatic nitrogens is 4. The van der Waals surface area contributed by atoms with Crippen molar-refractivity contribution in [2.75, 3.05) is 5.73 Å². The lowest BCUT2D eigenvalue weighted by Crippen LogP contribution is -2.44. The summed E-state index contributed by atoms with van der Waals surface area (Å²) in [6.07, 6.45) is 2.23. The summed E-state index contributed by atoms with van der Waals surface area (Å²) >= 11 is 2.08. The van der Waals surface area contributed by atoms with Crippen LogP contribution in [0.5, 0.6) is 0 Å². The van der Waals surface area contributed by atoms with Crippen LogP contribution < -0.4 is 5.73 Å². The van der Waals surface area contributed by atoms with Crippen LogP contribution in [0.25, 0.3) is 21.6 Å². The summed E-state index contributed by atoms with van der Waals surface area (Å²) in [6.45, 7) is 1.68. The maximum Gasteiger partial charge on any atom is 0.167 e. The first kappa shape index (κ1) is 21.4.